The molecule has 1 aromatic rings. The molecule has 0 aliphatic rings. The number of aromatic nitrogens is 2. The smallest absolute Gasteiger partial charge is 0.222 e. The zero-order valence-electron chi connectivity index (χ0n) is 6.31. The number of nitrogens with zero attached hydrogens (tertiary/aromatic N) is 2. The van der Waals surface area contributed by atoms with Crippen LogP contribution in [-0.2, 0) is 5.67 Å². The molecule has 0 saturated carbocycles. The molecule has 4 heteroatoms. The van der Waals surface area contributed by atoms with Crippen LogP contribution in [0.25, 0.3) is 0 Å². The van der Waals surface area contributed by atoms with Crippen LogP contribution in [0, 0.1) is 0 Å². The van der Waals surface area contributed by atoms with E-state index in [0.29, 0.717) is 5.56 Å². The third kappa shape index (κ3) is 2.12. The van der Waals surface area contributed by atoms with E-state index in [2.05, 4.69) is 9.97 Å². The van der Waals surface area contributed by atoms with Gasteiger partial charge in [0.2, 0.25) is 5.28 Å². The average Bonchev–Trinajstić information content (AvgIpc) is 1.86. The maximum atomic E-state index is 13.1. The fourth-order valence-corrected chi connectivity index (χ4v) is 0.717. The second-order valence-corrected chi connectivity index (χ2v) is 3.05. The van der Waals surface area contributed by atoms with Crippen molar-refractivity contribution in [2.75, 3.05) is 0 Å². The van der Waals surface area contributed by atoms with Gasteiger partial charge in [0, 0.05) is 18.0 Å². The van der Waals surface area contributed by atoms with Crippen LogP contribution in [0.15, 0.2) is 12.4 Å². The SMILES string of the molecule is CC(C)(F)c1cnc(Cl)nc1. The van der Waals surface area contributed by atoms with Gasteiger partial charge in [0.15, 0.2) is 0 Å². The lowest BCUT2D eigenvalue weighted by Crippen LogP contribution is -2.09. The maximum Gasteiger partial charge on any atom is 0.222 e. The van der Waals surface area contributed by atoms with E-state index in [9.17, 15) is 4.39 Å². The van der Waals surface area contributed by atoms with Crippen molar-refractivity contribution in [2.24, 2.45) is 0 Å². The second kappa shape index (κ2) is 2.74. The van der Waals surface area contributed by atoms with E-state index in [1.165, 1.54) is 26.2 Å². The molecule has 0 fully saturated rings. The van der Waals surface area contributed by atoms with Crippen LogP contribution in [0.3, 0.4) is 0 Å². The summed E-state index contributed by atoms with van der Waals surface area (Å²) in [4.78, 5) is 7.32. The number of halogens is 2. The Hall–Kier alpha value is -0.700. The standard InChI is InChI=1S/C7H8ClFN2/c1-7(2,9)5-3-10-6(8)11-4-5/h3-4H,1-2H3. The van der Waals surface area contributed by atoms with E-state index in [1.807, 2.05) is 0 Å². The van der Waals surface area contributed by atoms with Gasteiger partial charge in [-0.1, -0.05) is 0 Å². The molecular formula is C7H8ClFN2. The summed E-state index contributed by atoms with van der Waals surface area (Å²) < 4.78 is 13.1. The first-order valence-corrected chi connectivity index (χ1v) is 3.55. The predicted molar refractivity (Wildman–Crippen MR) is 41.2 cm³/mol. The summed E-state index contributed by atoms with van der Waals surface area (Å²) in [6.45, 7) is 2.89. The van der Waals surface area contributed by atoms with Crippen LogP contribution in [-0.4, -0.2) is 9.97 Å². The molecule has 0 bridgehead atoms. The minimum atomic E-state index is -1.40. The Balaban J connectivity index is 2.99. The summed E-state index contributed by atoms with van der Waals surface area (Å²) in [6.07, 6.45) is 2.77. The highest BCUT2D eigenvalue weighted by atomic mass is 35.5. The normalized spacial score (nSPS) is 11.6. The monoisotopic (exact) mass is 174 g/mol. The quantitative estimate of drug-likeness (QED) is 0.611. The van der Waals surface area contributed by atoms with Gasteiger partial charge in [-0.25, -0.2) is 14.4 Å². The van der Waals surface area contributed by atoms with Gasteiger partial charge in [0.05, 0.1) is 0 Å². The molecule has 1 aromatic heterocycles. The van der Waals surface area contributed by atoms with Gasteiger partial charge >= 0.3 is 0 Å². The predicted octanol–water partition coefficient (Wildman–Crippen LogP) is 2.33. The van der Waals surface area contributed by atoms with Crippen molar-refractivity contribution in [1.82, 2.24) is 9.97 Å². The molecule has 0 N–H and O–H groups in total. The molecule has 0 unspecified atom stereocenters. The van der Waals surface area contributed by atoms with Crippen molar-refractivity contribution >= 4 is 11.6 Å². The number of hydrogen-bond donors (Lipinski definition) is 0. The van der Waals surface area contributed by atoms with Gasteiger partial charge in [0.25, 0.3) is 0 Å². The van der Waals surface area contributed by atoms with Gasteiger partial charge in [0.1, 0.15) is 5.67 Å². The number of alkyl halides is 1. The first-order chi connectivity index (χ1) is 5.00. The molecule has 0 spiro atoms. The Morgan fingerprint density at radius 1 is 1.36 bits per heavy atom. The van der Waals surface area contributed by atoms with E-state index in [0.717, 1.165) is 0 Å². The van der Waals surface area contributed by atoms with Gasteiger partial charge in [-0.2, -0.15) is 0 Å². The van der Waals surface area contributed by atoms with Crippen LogP contribution in [0.2, 0.25) is 5.28 Å². The molecule has 11 heavy (non-hydrogen) atoms. The molecule has 1 rings (SSSR count). The minimum absolute atomic E-state index is 0.137. The summed E-state index contributed by atoms with van der Waals surface area (Å²) in [6, 6.07) is 0. The Kier molecular flexibility index (Phi) is 2.09. The van der Waals surface area contributed by atoms with E-state index < -0.39 is 5.67 Å². The number of hydrogen-bond acceptors (Lipinski definition) is 2. The van der Waals surface area contributed by atoms with Crippen LogP contribution >= 0.6 is 11.6 Å². The summed E-state index contributed by atoms with van der Waals surface area (Å²) in [7, 11) is 0. The fraction of sp³-hybridized carbons (Fsp3) is 0.429. The summed E-state index contributed by atoms with van der Waals surface area (Å²) >= 11 is 5.42. The molecule has 0 saturated heterocycles. The molecule has 1 heterocycles. The topological polar surface area (TPSA) is 25.8 Å². The third-order valence-corrected chi connectivity index (χ3v) is 1.50. The Labute approximate surface area is 69.4 Å². The van der Waals surface area contributed by atoms with Crippen LogP contribution in [0.1, 0.15) is 19.4 Å². The number of rotatable bonds is 1. The van der Waals surface area contributed by atoms with Crippen molar-refractivity contribution in [3.05, 3.63) is 23.2 Å². The van der Waals surface area contributed by atoms with Gasteiger partial charge in [-0.15, -0.1) is 0 Å². The van der Waals surface area contributed by atoms with Crippen molar-refractivity contribution in [3.8, 4) is 0 Å². The van der Waals surface area contributed by atoms with Crippen LogP contribution in [0.5, 0.6) is 0 Å². The highest BCUT2D eigenvalue weighted by Gasteiger charge is 2.19. The molecule has 0 aliphatic heterocycles. The Morgan fingerprint density at radius 2 is 1.82 bits per heavy atom. The minimum Gasteiger partial charge on any atom is -0.239 e. The molecule has 60 valence electrons. The van der Waals surface area contributed by atoms with Crippen LogP contribution in [0.4, 0.5) is 4.39 Å². The average molecular weight is 175 g/mol. The van der Waals surface area contributed by atoms with E-state index >= 15 is 0 Å². The molecule has 0 amide bonds. The fourth-order valence-electron chi connectivity index (χ4n) is 0.619. The molecular weight excluding hydrogens is 167 g/mol. The van der Waals surface area contributed by atoms with Crippen molar-refractivity contribution in [1.29, 1.82) is 0 Å². The van der Waals surface area contributed by atoms with E-state index in [4.69, 9.17) is 11.6 Å². The second-order valence-electron chi connectivity index (χ2n) is 2.71. The molecule has 2 nitrogen and oxygen atoms in total. The zero-order chi connectivity index (χ0) is 8.48. The lowest BCUT2D eigenvalue weighted by molar-refractivity contribution is 0.220. The Morgan fingerprint density at radius 3 is 2.18 bits per heavy atom. The van der Waals surface area contributed by atoms with Crippen molar-refractivity contribution < 1.29 is 4.39 Å². The van der Waals surface area contributed by atoms with E-state index in [1.54, 1.807) is 0 Å². The Bertz CT molecular complexity index is 240. The van der Waals surface area contributed by atoms with Gasteiger partial charge in [-0.05, 0) is 25.4 Å². The first-order valence-electron chi connectivity index (χ1n) is 3.17. The summed E-state index contributed by atoms with van der Waals surface area (Å²) in [5.41, 5.74) is -0.966. The molecule has 0 aromatic carbocycles. The zero-order valence-corrected chi connectivity index (χ0v) is 7.06. The van der Waals surface area contributed by atoms with Gasteiger partial charge in [-0.3, -0.25) is 0 Å². The molecule has 0 atom stereocenters. The van der Waals surface area contributed by atoms with Crippen molar-refractivity contribution in [3.63, 3.8) is 0 Å². The summed E-state index contributed by atoms with van der Waals surface area (Å²) in [5, 5.41) is 0.137. The highest BCUT2D eigenvalue weighted by Crippen LogP contribution is 2.22. The molecule has 0 radical (unpaired) electrons. The van der Waals surface area contributed by atoms with Crippen molar-refractivity contribution in [2.45, 2.75) is 19.5 Å². The lowest BCUT2D eigenvalue weighted by Gasteiger charge is -2.12. The van der Waals surface area contributed by atoms with Gasteiger partial charge < -0.3 is 0 Å². The van der Waals surface area contributed by atoms with E-state index in [-0.39, 0.29) is 5.28 Å². The highest BCUT2D eigenvalue weighted by molar-refractivity contribution is 6.28. The first kappa shape index (κ1) is 8.40. The third-order valence-electron chi connectivity index (χ3n) is 1.31. The largest absolute Gasteiger partial charge is 0.239 e. The van der Waals surface area contributed by atoms with Crippen LogP contribution < -0.4 is 0 Å². The summed E-state index contributed by atoms with van der Waals surface area (Å²) in [5.74, 6) is 0. The maximum absolute atomic E-state index is 13.1. The lowest BCUT2D eigenvalue weighted by atomic mass is 10.1. The molecule has 0 aliphatic carbocycles.